The fourth-order valence-electron chi connectivity index (χ4n) is 1.02. The van der Waals surface area contributed by atoms with Gasteiger partial charge < -0.3 is 0 Å². The van der Waals surface area contributed by atoms with Crippen molar-refractivity contribution in [3.8, 4) is 0 Å². The second kappa shape index (κ2) is 5.52. The quantitative estimate of drug-likeness (QED) is 0.523. The molecule has 0 aliphatic rings. The average Bonchev–Trinajstić information content (AvgIpc) is 1.85. The highest BCUT2D eigenvalue weighted by molar-refractivity contribution is 4.82. The van der Waals surface area contributed by atoms with Gasteiger partial charge in [0.25, 0.3) is 0 Å². The minimum absolute atomic E-state index is 0.771. The van der Waals surface area contributed by atoms with Crippen molar-refractivity contribution in [2.24, 2.45) is 11.8 Å². The van der Waals surface area contributed by atoms with Crippen molar-refractivity contribution in [1.29, 1.82) is 0 Å². The summed E-state index contributed by atoms with van der Waals surface area (Å²) in [5.41, 5.74) is 0. The summed E-state index contributed by atoms with van der Waals surface area (Å²) in [4.78, 5) is 0. The molecule has 60 valence electrons. The molecule has 0 fully saturated rings. The van der Waals surface area contributed by atoms with Crippen molar-refractivity contribution in [1.82, 2.24) is 0 Å². The van der Waals surface area contributed by atoms with Gasteiger partial charge in [-0.25, -0.2) is 0 Å². The fourth-order valence-corrected chi connectivity index (χ4v) is 1.02. The van der Waals surface area contributed by atoms with E-state index in [1.807, 2.05) is 0 Å². The van der Waals surface area contributed by atoms with Crippen LogP contribution in [-0.4, -0.2) is 0 Å². The van der Waals surface area contributed by atoms with Crippen LogP contribution < -0.4 is 0 Å². The lowest BCUT2D eigenvalue weighted by atomic mass is 9.99. The van der Waals surface area contributed by atoms with Crippen LogP contribution in [0.5, 0.6) is 0 Å². The van der Waals surface area contributed by atoms with Crippen molar-refractivity contribution in [3.05, 3.63) is 12.2 Å². The molecule has 0 heterocycles. The van der Waals surface area contributed by atoms with Crippen molar-refractivity contribution < 1.29 is 0 Å². The molecule has 1 atom stereocenters. The first kappa shape index (κ1) is 9.74. The van der Waals surface area contributed by atoms with Gasteiger partial charge in [0.1, 0.15) is 0 Å². The molecule has 0 heteroatoms. The summed E-state index contributed by atoms with van der Waals surface area (Å²) in [5, 5.41) is 0. The van der Waals surface area contributed by atoms with E-state index in [1.54, 1.807) is 0 Å². The standard InChI is InChI=1S/C10H20/c1-5-6-10(4)8-7-9(2)3/h5-6,9-10H,7-8H2,1-4H3/b6-5-. The van der Waals surface area contributed by atoms with E-state index >= 15 is 0 Å². The van der Waals surface area contributed by atoms with Gasteiger partial charge in [-0.2, -0.15) is 0 Å². The summed E-state index contributed by atoms with van der Waals surface area (Å²) in [6, 6.07) is 0. The van der Waals surface area contributed by atoms with Gasteiger partial charge in [0.15, 0.2) is 0 Å². The Morgan fingerprint density at radius 1 is 1.10 bits per heavy atom. The third kappa shape index (κ3) is 5.87. The van der Waals surface area contributed by atoms with Gasteiger partial charge in [-0.3, -0.25) is 0 Å². The minimum Gasteiger partial charge on any atom is -0.0914 e. The molecule has 0 aromatic heterocycles. The van der Waals surface area contributed by atoms with Crippen LogP contribution in [-0.2, 0) is 0 Å². The summed E-state index contributed by atoms with van der Waals surface area (Å²) in [6.07, 6.45) is 7.11. The van der Waals surface area contributed by atoms with E-state index in [2.05, 4.69) is 39.8 Å². The first-order chi connectivity index (χ1) is 4.66. The molecule has 1 unspecified atom stereocenters. The molecule has 0 radical (unpaired) electrons. The van der Waals surface area contributed by atoms with Gasteiger partial charge in [-0.15, -0.1) is 0 Å². The highest BCUT2D eigenvalue weighted by atomic mass is 14.0. The maximum atomic E-state index is 2.28. The smallest absolute Gasteiger partial charge is 0.0262 e. The zero-order chi connectivity index (χ0) is 7.98. The van der Waals surface area contributed by atoms with Gasteiger partial charge >= 0.3 is 0 Å². The Hall–Kier alpha value is -0.260. The largest absolute Gasteiger partial charge is 0.0914 e. The molecule has 0 nitrogen and oxygen atoms in total. The number of allylic oxidation sites excluding steroid dienone is 2. The molecule has 0 rings (SSSR count). The molecular weight excluding hydrogens is 120 g/mol. The number of hydrogen-bond acceptors (Lipinski definition) is 0. The first-order valence-corrected chi connectivity index (χ1v) is 4.29. The highest BCUT2D eigenvalue weighted by Crippen LogP contribution is 2.12. The van der Waals surface area contributed by atoms with Gasteiger partial charge in [0.2, 0.25) is 0 Å². The SMILES string of the molecule is C/C=C\C(C)CCC(C)C. The lowest BCUT2D eigenvalue weighted by Crippen LogP contribution is -1.93. The first-order valence-electron chi connectivity index (χ1n) is 4.29. The third-order valence-corrected chi connectivity index (χ3v) is 1.72. The predicted octanol–water partition coefficient (Wildman–Crippen LogP) is 3.63. The number of hydrogen-bond donors (Lipinski definition) is 0. The summed E-state index contributed by atoms with van der Waals surface area (Å²) in [5.74, 6) is 1.63. The van der Waals surface area contributed by atoms with E-state index in [0.29, 0.717) is 0 Å². The Morgan fingerprint density at radius 2 is 1.70 bits per heavy atom. The lowest BCUT2D eigenvalue weighted by molar-refractivity contribution is 0.502. The molecule has 0 saturated heterocycles. The summed E-state index contributed by atoms with van der Waals surface area (Å²) in [6.45, 7) is 8.93. The Kier molecular flexibility index (Phi) is 5.38. The Labute approximate surface area is 65.3 Å². The van der Waals surface area contributed by atoms with Crippen LogP contribution in [0, 0.1) is 11.8 Å². The highest BCUT2D eigenvalue weighted by Gasteiger charge is 1.98. The van der Waals surface area contributed by atoms with Crippen LogP contribution in [0.1, 0.15) is 40.5 Å². The van der Waals surface area contributed by atoms with Gasteiger partial charge in [0, 0.05) is 0 Å². The fraction of sp³-hybridized carbons (Fsp3) is 0.800. The van der Waals surface area contributed by atoms with E-state index in [9.17, 15) is 0 Å². The van der Waals surface area contributed by atoms with E-state index in [-0.39, 0.29) is 0 Å². The second-order valence-corrected chi connectivity index (χ2v) is 3.47. The molecule has 10 heavy (non-hydrogen) atoms. The maximum Gasteiger partial charge on any atom is -0.0262 e. The van der Waals surface area contributed by atoms with Crippen molar-refractivity contribution in [2.75, 3.05) is 0 Å². The van der Waals surface area contributed by atoms with Crippen molar-refractivity contribution in [2.45, 2.75) is 40.5 Å². The molecule has 0 aromatic rings. The summed E-state index contributed by atoms with van der Waals surface area (Å²) < 4.78 is 0. The summed E-state index contributed by atoms with van der Waals surface area (Å²) in [7, 11) is 0. The van der Waals surface area contributed by atoms with Crippen molar-refractivity contribution >= 4 is 0 Å². The van der Waals surface area contributed by atoms with Crippen LogP contribution in [0.25, 0.3) is 0 Å². The van der Waals surface area contributed by atoms with Crippen LogP contribution in [0.15, 0.2) is 12.2 Å². The molecule has 0 bridgehead atoms. The minimum atomic E-state index is 0.771. The normalized spacial score (nSPS) is 14.9. The molecule has 0 aliphatic carbocycles. The van der Waals surface area contributed by atoms with Crippen LogP contribution >= 0.6 is 0 Å². The Bertz CT molecular complexity index is 90.2. The molecule has 0 spiro atoms. The predicted molar refractivity (Wildman–Crippen MR) is 48.1 cm³/mol. The molecule has 0 aromatic carbocycles. The van der Waals surface area contributed by atoms with Crippen LogP contribution in [0.3, 0.4) is 0 Å². The van der Waals surface area contributed by atoms with Crippen LogP contribution in [0.2, 0.25) is 0 Å². The molecule has 0 aliphatic heterocycles. The van der Waals surface area contributed by atoms with Crippen molar-refractivity contribution in [3.63, 3.8) is 0 Å². The topological polar surface area (TPSA) is 0 Å². The second-order valence-electron chi connectivity index (χ2n) is 3.47. The van der Waals surface area contributed by atoms with Gasteiger partial charge in [-0.05, 0) is 25.2 Å². The van der Waals surface area contributed by atoms with Gasteiger partial charge in [-0.1, -0.05) is 39.3 Å². The zero-order valence-corrected chi connectivity index (χ0v) is 7.72. The molecule has 0 N–H and O–H groups in total. The number of rotatable bonds is 4. The zero-order valence-electron chi connectivity index (χ0n) is 7.72. The van der Waals surface area contributed by atoms with E-state index in [4.69, 9.17) is 0 Å². The lowest BCUT2D eigenvalue weighted by Gasteiger charge is -2.07. The van der Waals surface area contributed by atoms with Gasteiger partial charge in [0.05, 0.1) is 0 Å². The van der Waals surface area contributed by atoms with E-state index in [0.717, 1.165) is 11.8 Å². The molecular formula is C10H20. The Morgan fingerprint density at radius 3 is 2.10 bits per heavy atom. The van der Waals surface area contributed by atoms with E-state index in [1.165, 1.54) is 12.8 Å². The third-order valence-electron chi connectivity index (χ3n) is 1.72. The Balaban J connectivity index is 3.30. The van der Waals surface area contributed by atoms with Crippen LogP contribution in [0.4, 0.5) is 0 Å². The summed E-state index contributed by atoms with van der Waals surface area (Å²) >= 11 is 0. The average molecular weight is 140 g/mol. The molecule has 0 amide bonds. The van der Waals surface area contributed by atoms with E-state index < -0.39 is 0 Å². The monoisotopic (exact) mass is 140 g/mol. The molecule has 0 saturated carbocycles. The maximum absolute atomic E-state index is 2.28.